The van der Waals surface area contributed by atoms with Crippen LogP contribution in [0.15, 0.2) is 22.7 Å². The Kier molecular flexibility index (Phi) is 4.06. The summed E-state index contributed by atoms with van der Waals surface area (Å²) in [6.45, 7) is 2.44. The topological polar surface area (TPSA) is 37.8 Å². The van der Waals surface area contributed by atoms with Gasteiger partial charge in [0.25, 0.3) is 0 Å². The van der Waals surface area contributed by atoms with Gasteiger partial charge in [0.1, 0.15) is 10.8 Å². The first-order chi connectivity index (χ1) is 8.19. The van der Waals surface area contributed by atoms with Crippen molar-refractivity contribution in [3.63, 3.8) is 0 Å². The van der Waals surface area contributed by atoms with Gasteiger partial charge in [0.2, 0.25) is 5.13 Å². The molecule has 0 unspecified atom stereocenters. The van der Waals surface area contributed by atoms with Crippen molar-refractivity contribution >= 4 is 32.4 Å². The Bertz CT molecular complexity index is 515. The van der Waals surface area contributed by atoms with Crippen molar-refractivity contribution in [1.29, 1.82) is 0 Å². The zero-order chi connectivity index (χ0) is 12.3. The molecule has 0 spiro atoms. The molecular weight excluding hydrogens is 305 g/mol. The number of benzene rings is 1. The van der Waals surface area contributed by atoms with Gasteiger partial charge in [0.05, 0.1) is 0 Å². The Balaban J connectivity index is 2.02. The second-order valence-corrected chi connectivity index (χ2v) is 5.42. The first-order valence-corrected chi connectivity index (χ1v) is 6.80. The van der Waals surface area contributed by atoms with Crippen molar-refractivity contribution in [3.05, 3.63) is 39.1 Å². The second-order valence-electron chi connectivity index (χ2n) is 3.44. The molecule has 1 aromatic heterocycles. The van der Waals surface area contributed by atoms with E-state index in [1.54, 1.807) is 6.07 Å². The average molecular weight is 316 g/mol. The fourth-order valence-corrected chi connectivity index (χ4v) is 2.31. The third-order valence-electron chi connectivity index (χ3n) is 2.21. The highest BCUT2D eigenvalue weighted by Gasteiger charge is 2.05. The van der Waals surface area contributed by atoms with Crippen LogP contribution in [0.4, 0.5) is 9.52 Å². The lowest BCUT2D eigenvalue weighted by molar-refractivity contribution is 0.612. The van der Waals surface area contributed by atoms with Crippen LogP contribution in [0.2, 0.25) is 0 Å². The predicted molar refractivity (Wildman–Crippen MR) is 70.7 cm³/mol. The molecule has 6 heteroatoms. The monoisotopic (exact) mass is 315 g/mol. The van der Waals surface area contributed by atoms with E-state index in [9.17, 15) is 4.39 Å². The van der Waals surface area contributed by atoms with Gasteiger partial charge in [-0.15, -0.1) is 10.2 Å². The maximum atomic E-state index is 13.5. The van der Waals surface area contributed by atoms with E-state index >= 15 is 0 Å². The number of aryl methyl sites for hydroxylation is 1. The van der Waals surface area contributed by atoms with Crippen molar-refractivity contribution in [3.8, 4) is 0 Å². The van der Waals surface area contributed by atoms with Crippen LogP contribution in [0.1, 0.15) is 17.5 Å². The minimum atomic E-state index is -0.230. The Morgan fingerprint density at radius 1 is 1.41 bits per heavy atom. The predicted octanol–water partition coefficient (Wildman–Crippen LogP) is 3.61. The largest absolute Gasteiger partial charge is 0.356 e. The highest BCUT2D eigenvalue weighted by molar-refractivity contribution is 9.10. The quantitative estimate of drug-likeness (QED) is 0.936. The molecule has 0 bridgehead atoms. The number of aromatic nitrogens is 2. The number of nitrogens with one attached hydrogen (secondary N) is 1. The van der Waals surface area contributed by atoms with Gasteiger partial charge in [-0.25, -0.2) is 4.39 Å². The highest BCUT2D eigenvalue weighted by atomic mass is 79.9. The summed E-state index contributed by atoms with van der Waals surface area (Å²) in [6.07, 6.45) is 0.867. The van der Waals surface area contributed by atoms with E-state index in [0.717, 1.165) is 21.0 Å². The van der Waals surface area contributed by atoms with Gasteiger partial charge in [-0.1, -0.05) is 40.3 Å². The van der Waals surface area contributed by atoms with Gasteiger partial charge in [-0.2, -0.15) is 0 Å². The summed E-state index contributed by atoms with van der Waals surface area (Å²) in [6, 6.07) is 5.01. The van der Waals surface area contributed by atoms with Gasteiger partial charge < -0.3 is 5.32 Å². The van der Waals surface area contributed by atoms with Crippen LogP contribution in [-0.2, 0) is 13.0 Å². The van der Waals surface area contributed by atoms with E-state index in [0.29, 0.717) is 12.1 Å². The molecule has 0 saturated heterocycles. The molecule has 90 valence electrons. The van der Waals surface area contributed by atoms with Gasteiger partial charge in [0.15, 0.2) is 0 Å². The van der Waals surface area contributed by atoms with Crippen molar-refractivity contribution in [1.82, 2.24) is 10.2 Å². The maximum Gasteiger partial charge on any atom is 0.205 e. The van der Waals surface area contributed by atoms with Crippen molar-refractivity contribution in [2.24, 2.45) is 0 Å². The van der Waals surface area contributed by atoms with Crippen LogP contribution in [0.3, 0.4) is 0 Å². The molecule has 0 amide bonds. The summed E-state index contributed by atoms with van der Waals surface area (Å²) in [5, 5.41) is 12.7. The van der Waals surface area contributed by atoms with E-state index < -0.39 is 0 Å². The van der Waals surface area contributed by atoms with E-state index in [2.05, 4.69) is 31.4 Å². The minimum Gasteiger partial charge on any atom is -0.356 e. The lowest BCUT2D eigenvalue weighted by Gasteiger charge is -2.04. The number of hydrogen-bond acceptors (Lipinski definition) is 4. The van der Waals surface area contributed by atoms with E-state index in [1.807, 2.05) is 13.0 Å². The Morgan fingerprint density at radius 3 is 2.88 bits per heavy atom. The number of nitrogens with zero attached hydrogens (tertiary/aromatic N) is 2. The standard InChI is InChI=1S/C11H11BrFN3S/c1-2-10-15-16-11(17-10)14-6-7-3-4-8(12)5-9(7)13/h3-5H,2,6H2,1H3,(H,14,16). The van der Waals surface area contributed by atoms with Crippen molar-refractivity contribution in [2.75, 3.05) is 5.32 Å². The Morgan fingerprint density at radius 2 is 2.24 bits per heavy atom. The molecule has 0 fully saturated rings. The summed E-state index contributed by atoms with van der Waals surface area (Å²) in [4.78, 5) is 0. The molecule has 0 aliphatic carbocycles. The van der Waals surface area contributed by atoms with Gasteiger partial charge in [-0.05, 0) is 18.6 Å². The first kappa shape index (κ1) is 12.4. The smallest absolute Gasteiger partial charge is 0.205 e. The van der Waals surface area contributed by atoms with Crippen LogP contribution in [-0.4, -0.2) is 10.2 Å². The lowest BCUT2D eigenvalue weighted by atomic mass is 10.2. The van der Waals surface area contributed by atoms with Crippen LogP contribution in [0.5, 0.6) is 0 Å². The fourth-order valence-electron chi connectivity index (χ4n) is 1.30. The third-order valence-corrected chi connectivity index (χ3v) is 3.73. The van der Waals surface area contributed by atoms with Crippen LogP contribution in [0, 0.1) is 5.82 Å². The van der Waals surface area contributed by atoms with Gasteiger partial charge in [-0.3, -0.25) is 0 Å². The molecule has 1 heterocycles. The molecule has 0 aliphatic rings. The normalized spacial score (nSPS) is 10.5. The summed E-state index contributed by atoms with van der Waals surface area (Å²) in [7, 11) is 0. The van der Waals surface area contributed by atoms with Gasteiger partial charge >= 0.3 is 0 Å². The van der Waals surface area contributed by atoms with Crippen molar-refractivity contribution in [2.45, 2.75) is 19.9 Å². The third kappa shape index (κ3) is 3.23. The van der Waals surface area contributed by atoms with Crippen LogP contribution in [0.25, 0.3) is 0 Å². The zero-order valence-corrected chi connectivity index (χ0v) is 11.6. The van der Waals surface area contributed by atoms with Crippen molar-refractivity contribution < 1.29 is 4.39 Å². The molecule has 1 aromatic carbocycles. The molecule has 0 saturated carbocycles. The molecule has 1 N–H and O–H groups in total. The summed E-state index contributed by atoms with van der Waals surface area (Å²) in [5.41, 5.74) is 0.612. The molecule has 0 radical (unpaired) electrons. The highest BCUT2D eigenvalue weighted by Crippen LogP contribution is 2.19. The molecule has 2 aromatic rings. The number of rotatable bonds is 4. The van der Waals surface area contributed by atoms with E-state index in [1.165, 1.54) is 17.4 Å². The minimum absolute atomic E-state index is 0.230. The Hall–Kier alpha value is -1.01. The second kappa shape index (κ2) is 5.55. The summed E-state index contributed by atoms with van der Waals surface area (Å²) < 4.78 is 14.3. The first-order valence-electron chi connectivity index (χ1n) is 5.19. The average Bonchev–Trinajstić information content (AvgIpc) is 2.76. The van der Waals surface area contributed by atoms with E-state index in [4.69, 9.17) is 0 Å². The molecule has 3 nitrogen and oxygen atoms in total. The van der Waals surface area contributed by atoms with E-state index in [-0.39, 0.29) is 5.82 Å². The fraction of sp³-hybridized carbons (Fsp3) is 0.273. The van der Waals surface area contributed by atoms with Gasteiger partial charge in [0, 0.05) is 16.6 Å². The SMILES string of the molecule is CCc1nnc(NCc2ccc(Br)cc2F)s1. The number of anilines is 1. The Labute approximate surface area is 111 Å². The zero-order valence-electron chi connectivity index (χ0n) is 9.20. The number of hydrogen-bond donors (Lipinski definition) is 1. The van der Waals surface area contributed by atoms with Crippen LogP contribution < -0.4 is 5.32 Å². The molecule has 17 heavy (non-hydrogen) atoms. The number of halogens is 2. The summed E-state index contributed by atoms with van der Waals surface area (Å²) in [5.74, 6) is -0.230. The summed E-state index contributed by atoms with van der Waals surface area (Å²) >= 11 is 4.72. The molecular formula is C11H11BrFN3S. The maximum absolute atomic E-state index is 13.5. The molecule has 2 rings (SSSR count). The van der Waals surface area contributed by atoms with Crippen LogP contribution >= 0.6 is 27.3 Å². The molecule has 0 aliphatic heterocycles. The lowest BCUT2D eigenvalue weighted by Crippen LogP contribution is -2.01. The molecule has 0 atom stereocenters.